The molecule has 0 radical (unpaired) electrons. The fourth-order valence-corrected chi connectivity index (χ4v) is 2.34. The third-order valence-electron chi connectivity index (χ3n) is 3.38. The second kappa shape index (κ2) is 5.86. The van der Waals surface area contributed by atoms with Gasteiger partial charge >= 0.3 is 0 Å². The molecule has 0 fully saturated rings. The third kappa shape index (κ3) is 3.42. The smallest absolute Gasteiger partial charge is 0.135 e. The summed E-state index contributed by atoms with van der Waals surface area (Å²) in [4.78, 5) is 0. The van der Waals surface area contributed by atoms with Crippen LogP contribution in [0.5, 0.6) is 11.5 Å². The Kier molecular flexibility index (Phi) is 4.33. The van der Waals surface area contributed by atoms with E-state index < -0.39 is 6.04 Å². The predicted molar refractivity (Wildman–Crippen MR) is 84.2 cm³/mol. The maximum atomic E-state index is 14.0. The molecule has 0 aromatic heterocycles. The third-order valence-corrected chi connectivity index (χ3v) is 3.38. The fourth-order valence-electron chi connectivity index (χ4n) is 2.34. The van der Waals surface area contributed by atoms with Gasteiger partial charge in [0.2, 0.25) is 0 Å². The predicted octanol–water partition coefficient (Wildman–Crippen LogP) is 4.94. The summed E-state index contributed by atoms with van der Waals surface area (Å²) in [6, 6.07) is 12.2. The molecular weight excluding hydrogens is 265 g/mol. The second-order valence-corrected chi connectivity index (χ2v) is 6.29. The van der Waals surface area contributed by atoms with E-state index in [2.05, 4.69) is 20.8 Å². The van der Waals surface area contributed by atoms with Gasteiger partial charge in [0.05, 0.1) is 0 Å². The molecule has 0 heterocycles. The van der Waals surface area contributed by atoms with Gasteiger partial charge in [-0.1, -0.05) is 45.0 Å². The van der Waals surface area contributed by atoms with Crippen molar-refractivity contribution >= 4 is 0 Å². The second-order valence-electron chi connectivity index (χ2n) is 6.29. The van der Waals surface area contributed by atoms with Gasteiger partial charge in [-0.15, -0.1) is 0 Å². The zero-order valence-corrected chi connectivity index (χ0v) is 13.0. The van der Waals surface area contributed by atoms with E-state index in [1.165, 1.54) is 6.07 Å². The SMILES string of the molecule is CC(N)c1c(F)cccc1Oc1ccccc1C(C)(C)C. The van der Waals surface area contributed by atoms with Crippen molar-refractivity contribution in [2.45, 2.75) is 39.2 Å². The van der Waals surface area contributed by atoms with Crippen molar-refractivity contribution in [3.63, 3.8) is 0 Å². The molecule has 3 heteroatoms. The molecule has 0 aliphatic rings. The number of benzene rings is 2. The Labute approximate surface area is 125 Å². The first kappa shape index (κ1) is 15.5. The van der Waals surface area contributed by atoms with Crippen LogP contribution in [-0.2, 0) is 5.41 Å². The molecule has 2 nitrogen and oxygen atoms in total. The van der Waals surface area contributed by atoms with Gasteiger partial charge in [-0.05, 0) is 30.5 Å². The van der Waals surface area contributed by atoms with Crippen molar-refractivity contribution in [3.8, 4) is 11.5 Å². The average Bonchev–Trinajstić information content (AvgIpc) is 2.37. The van der Waals surface area contributed by atoms with Gasteiger partial charge in [0.1, 0.15) is 17.3 Å². The summed E-state index contributed by atoms with van der Waals surface area (Å²) in [6.07, 6.45) is 0. The Morgan fingerprint density at radius 1 is 1.00 bits per heavy atom. The maximum Gasteiger partial charge on any atom is 0.135 e. The number of para-hydroxylation sites is 1. The number of rotatable bonds is 3. The van der Waals surface area contributed by atoms with Crippen molar-refractivity contribution in [2.75, 3.05) is 0 Å². The van der Waals surface area contributed by atoms with Crippen LogP contribution in [0.15, 0.2) is 42.5 Å². The average molecular weight is 287 g/mol. The van der Waals surface area contributed by atoms with Crippen LogP contribution in [0.25, 0.3) is 0 Å². The molecule has 0 spiro atoms. The lowest BCUT2D eigenvalue weighted by molar-refractivity contribution is 0.440. The topological polar surface area (TPSA) is 35.2 Å². The number of hydrogen-bond donors (Lipinski definition) is 1. The fraction of sp³-hybridized carbons (Fsp3) is 0.333. The number of hydrogen-bond acceptors (Lipinski definition) is 2. The van der Waals surface area contributed by atoms with Gasteiger partial charge in [0, 0.05) is 17.2 Å². The lowest BCUT2D eigenvalue weighted by atomic mass is 9.86. The lowest BCUT2D eigenvalue weighted by Crippen LogP contribution is -2.13. The Morgan fingerprint density at radius 2 is 1.62 bits per heavy atom. The van der Waals surface area contributed by atoms with E-state index >= 15 is 0 Å². The van der Waals surface area contributed by atoms with E-state index in [9.17, 15) is 4.39 Å². The van der Waals surface area contributed by atoms with Crippen molar-refractivity contribution < 1.29 is 9.13 Å². The monoisotopic (exact) mass is 287 g/mol. The maximum absolute atomic E-state index is 14.0. The number of nitrogens with two attached hydrogens (primary N) is 1. The van der Waals surface area contributed by atoms with Crippen LogP contribution in [-0.4, -0.2) is 0 Å². The highest BCUT2D eigenvalue weighted by Gasteiger charge is 2.20. The summed E-state index contributed by atoms with van der Waals surface area (Å²) in [7, 11) is 0. The molecule has 0 saturated carbocycles. The van der Waals surface area contributed by atoms with Gasteiger partial charge in [-0.3, -0.25) is 0 Å². The van der Waals surface area contributed by atoms with E-state index in [0.717, 1.165) is 11.3 Å². The van der Waals surface area contributed by atoms with Crippen LogP contribution in [0.2, 0.25) is 0 Å². The molecule has 0 bridgehead atoms. The quantitative estimate of drug-likeness (QED) is 0.868. The van der Waals surface area contributed by atoms with Gasteiger partial charge in [0.15, 0.2) is 0 Å². The molecule has 2 aromatic rings. The molecular formula is C18H22FNO. The highest BCUT2D eigenvalue weighted by atomic mass is 19.1. The highest BCUT2D eigenvalue weighted by molar-refractivity contribution is 5.45. The van der Waals surface area contributed by atoms with Crippen LogP contribution in [0.1, 0.15) is 44.9 Å². The first-order valence-electron chi connectivity index (χ1n) is 7.12. The summed E-state index contributed by atoms with van der Waals surface area (Å²) in [5, 5.41) is 0. The van der Waals surface area contributed by atoms with Crippen molar-refractivity contribution in [1.82, 2.24) is 0 Å². The number of halogens is 1. The van der Waals surface area contributed by atoms with Gasteiger partial charge in [-0.25, -0.2) is 4.39 Å². The standard InChI is InChI=1S/C18H22FNO/c1-12(20)17-14(19)9-7-11-16(17)21-15-10-6-5-8-13(15)18(2,3)4/h5-12H,20H2,1-4H3. The summed E-state index contributed by atoms with van der Waals surface area (Å²) in [5.74, 6) is 0.870. The van der Waals surface area contributed by atoms with E-state index in [4.69, 9.17) is 10.5 Å². The summed E-state index contributed by atoms with van der Waals surface area (Å²) >= 11 is 0. The normalized spacial score (nSPS) is 13.0. The largest absolute Gasteiger partial charge is 0.457 e. The highest BCUT2D eigenvalue weighted by Crippen LogP contribution is 2.36. The van der Waals surface area contributed by atoms with Crippen LogP contribution >= 0.6 is 0 Å². The summed E-state index contributed by atoms with van der Waals surface area (Å²) in [5.41, 5.74) is 7.29. The Bertz CT molecular complexity index is 629. The minimum Gasteiger partial charge on any atom is -0.457 e. The van der Waals surface area contributed by atoms with Crippen LogP contribution in [0.4, 0.5) is 4.39 Å². The minimum atomic E-state index is -0.428. The van der Waals surface area contributed by atoms with Crippen molar-refractivity contribution in [3.05, 3.63) is 59.4 Å². The zero-order valence-electron chi connectivity index (χ0n) is 13.0. The Balaban J connectivity index is 2.47. The van der Waals surface area contributed by atoms with Crippen LogP contribution < -0.4 is 10.5 Å². The van der Waals surface area contributed by atoms with E-state index in [0.29, 0.717) is 11.3 Å². The molecule has 0 amide bonds. The van der Waals surface area contributed by atoms with E-state index in [1.807, 2.05) is 24.3 Å². The van der Waals surface area contributed by atoms with Gasteiger partial charge in [0.25, 0.3) is 0 Å². The van der Waals surface area contributed by atoms with E-state index in [1.54, 1.807) is 19.1 Å². The molecule has 2 aromatic carbocycles. The molecule has 21 heavy (non-hydrogen) atoms. The molecule has 0 saturated heterocycles. The van der Waals surface area contributed by atoms with Crippen molar-refractivity contribution in [2.24, 2.45) is 5.73 Å². The van der Waals surface area contributed by atoms with Crippen LogP contribution in [0, 0.1) is 5.82 Å². The molecule has 112 valence electrons. The summed E-state index contributed by atoms with van der Waals surface area (Å²) < 4.78 is 20.0. The summed E-state index contributed by atoms with van der Waals surface area (Å²) in [6.45, 7) is 8.11. The first-order valence-corrected chi connectivity index (χ1v) is 7.12. The minimum absolute atomic E-state index is 0.0571. The van der Waals surface area contributed by atoms with Crippen LogP contribution in [0.3, 0.4) is 0 Å². The van der Waals surface area contributed by atoms with E-state index in [-0.39, 0.29) is 11.2 Å². The molecule has 1 unspecified atom stereocenters. The number of ether oxygens (including phenoxy) is 1. The van der Waals surface area contributed by atoms with Gasteiger partial charge < -0.3 is 10.5 Å². The van der Waals surface area contributed by atoms with Gasteiger partial charge in [-0.2, -0.15) is 0 Å². The molecule has 2 N–H and O–H groups in total. The lowest BCUT2D eigenvalue weighted by Gasteiger charge is -2.23. The first-order chi connectivity index (χ1) is 9.80. The Morgan fingerprint density at radius 3 is 2.24 bits per heavy atom. The molecule has 0 aliphatic heterocycles. The molecule has 0 aliphatic carbocycles. The Hall–Kier alpha value is -1.87. The molecule has 1 atom stereocenters. The zero-order chi connectivity index (χ0) is 15.6. The van der Waals surface area contributed by atoms with Crippen molar-refractivity contribution in [1.29, 1.82) is 0 Å². The molecule has 2 rings (SSSR count).